The molecule has 0 aliphatic heterocycles. The van der Waals surface area contributed by atoms with E-state index in [4.69, 9.17) is 0 Å². The summed E-state index contributed by atoms with van der Waals surface area (Å²) < 4.78 is 84.2. The lowest BCUT2D eigenvalue weighted by Gasteiger charge is -2.08. The predicted octanol–water partition coefficient (Wildman–Crippen LogP) is 4.91. The van der Waals surface area contributed by atoms with E-state index in [9.17, 15) is 26.3 Å². The van der Waals surface area contributed by atoms with Crippen molar-refractivity contribution in [3.8, 4) is 0 Å². The first-order valence-corrected chi connectivity index (χ1v) is 5.43. The smallest absolute Gasteiger partial charge is 0.387 e. The molecule has 0 rings (SSSR count). The third kappa shape index (κ3) is 11.5. The summed E-state index contributed by atoms with van der Waals surface area (Å²) in [4.78, 5) is 0. The van der Waals surface area contributed by atoms with E-state index in [1.807, 2.05) is 0 Å². The van der Waals surface area contributed by atoms with Gasteiger partial charge in [0.05, 0.1) is 12.7 Å². The second-order valence-electron chi connectivity index (χ2n) is 3.19. The lowest BCUT2D eigenvalue weighted by atomic mass is 10.3. The summed E-state index contributed by atoms with van der Waals surface area (Å²) in [6.07, 6.45) is 2.56. The number of halogens is 6. The maximum Gasteiger partial charge on any atom is 0.387 e. The van der Waals surface area contributed by atoms with Crippen molar-refractivity contribution < 1.29 is 40.6 Å². The van der Waals surface area contributed by atoms with Crippen LogP contribution in [0, 0.1) is 0 Å². The Morgan fingerprint density at radius 1 is 0.762 bits per heavy atom. The van der Waals surface area contributed by atoms with Gasteiger partial charge in [-0.15, -0.1) is 0 Å². The van der Waals surface area contributed by atoms with Crippen molar-refractivity contribution in [3.63, 3.8) is 0 Å². The van der Waals surface area contributed by atoms with Crippen LogP contribution in [0.15, 0.2) is 48.9 Å². The molecule has 0 bridgehead atoms. The van der Waals surface area contributed by atoms with Crippen molar-refractivity contribution in [2.45, 2.75) is 26.1 Å². The Hall–Kier alpha value is -2.06. The first kappa shape index (κ1) is 18.9. The van der Waals surface area contributed by atoms with Crippen molar-refractivity contribution in [1.29, 1.82) is 0 Å². The largest absolute Gasteiger partial charge is 0.466 e. The Balaban J connectivity index is 4.73. The molecule has 120 valence electrons. The van der Waals surface area contributed by atoms with Gasteiger partial charge in [-0.25, -0.2) is 8.78 Å². The van der Waals surface area contributed by atoms with Crippen LogP contribution in [0.25, 0.3) is 0 Å². The number of ether oxygens (including phenoxy) is 3. The predicted molar refractivity (Wildman–Crippen MR) is 61.2 cm³/mol. The van der Waals surface area contributed by atoms with E-state index in [0.29, 0.717) is 12.5 Å². The van der Waals surface area contributed by atoms with Crippen molar-refractivity contribution in [1.82, 2.24) is 0 Å². The molecule has 0 spiro atoms. The fourth-order valence-corrected chi connectivity index (χ4v) is 0.984. The fourth-order valence-electron chi connectivity index (χ4n) is 0.984. The van der Waals surface area contributed by atoms with Crippen LogP contribution in [0.5, 0.6) is 0 Å². The number of hydrogen-bond donors (Lipinski definition) is 0. The number of allylic oxidation sites excluding steroid dienone is 2. The minimum absolute atomic E-state index is 0.107. The molecule has 0 aromatic carbocycles. The highest BCUT2D eigenvalue weighted by molar-refractivity contribution is 5.00. The van der Waals surface area contributed by atoms with Gasteiger partial charge in [-0.05, 0) is 12.2 Å². The normalized spacial score (nSPS) is 13.7. The Bertz CT molecular complexity index is 354. The van der Waals surface area contributed by atoms with Crippen LogP contribution < -0.4 is 0 Å². The molecule has 0 aliphatic carbocycles. The minimum Gasteiger partial charge on any atom is -0.466 e. The minimum atomic E-state index is -3.16. The SMILES string of the molecule is FC=CCC(=COC=C(CC=CF)OC(F)F)OC(F)F. The van der Waals surface area contributed by atoms with Gasteiger partial charge >= 0.3 is 13.2 Å². The van der Waals surface area contributed by atoms with Crippen molar-refractivity contribution >= 4 is 0 Å². The molecule has 0 radical (unpaired) electrons. The summed E-state index contributed by atoms with van der Waals surface area (Å²) >= 11 is 0. The molecule has 21 heavy (non-hydrogen) atoms. The molecule has 0 atom stereocenters. The molecule has 0 saturated heterocycles. The molecule has 0 heterocycles. The topological polar surface area (TPSA) is 27.7 Å². The van der Waals surface area contributed by atoms with E-state index in [1.54, 1.807) is 0 Å². The second-order valence-corrected chi connectivity index (χ2v) is 3.19. The number of hydrogen-bond acceptors (Lipinski definition) is 3. The highest BCUT2D eigenvalue weighted by Gasteiger charge is 2.08. The molecular weight excluding hydrogens is 306 g/mol. The van der Waals surface area contributed by atoms with Gasteiger partial charge in [0, 0.05) is 12.8 Å². The van der Waals surface area contributed by atoms with Gasteiger partial charge in [-0.3, -0.25) is 0 Å². The summed E-state index contributed by atoms with van der Waals surface area (Å²) in [6, 6.07) is 0. The van der Waals surface area contributed by atoms with Crippen LogP contribution >= 0.6 is 0 Å². The molecule has 0 aromatic heterocycles. The molecule has 3 nitrogen and oxygen atoms in total. The van der Waals surface area contributed by atoms with Crippen LogP contribution in [0.2, 0.25) is 0 Å². The average Bonchev–Trinajstić information content (AvgIpc) is 2.40. The Morgan fingerprint density at radius 2 is 1.14 bits per heavy atom. The van der Waals surface area contributed by atoms with E-state index in [2.05, 4.69) is 14.2 Å². The van der Waals surface area contributed by atoms with E-state index in [-0.39, 0.29) is 25.5 Å². The van der Waals surface area contributed by atoms with Crippen molar-refractivity contribution in [2.24, 2.45) is 0 Å². The van der Waals surface area contributed by atoms with Gasteiger partial charge in [0.25, 0.3) is 0 Å². The van der Waals surface area contributed by atoms with E-state index in [1.165, 1.54) is 0 Å². The highest BCUT2D eigenvalue weighted by Crippen LogP contribution is 2.14. The molecule has 0 aliphatic rings. The fraction of sp³-hybridized carbons (Fsp3) is 0.333. The van der Waals surface area contributed by atoms with Crippen molar-refractivity contribution in [2.75, 3.05) is 0 Å². The molecule has 0 amide bonds. The molecule has 0 aromatic rings. The summed E-state index contributed by atoms with van der Waals surface area (Å²) in [7, 11) is 0. The first-order chi connectivity index (χ1) is 9.99. The maximum absolute atomic E-state index is 12.0. The van der Waals surface area contributed by atoms with Gasteiger partial charge in [-0.1, -0.05) is 0 Å². The Labute approximate surface area is 116 Å². The van der Waals surface area contributed by atoms with E-state index in [0.717, 1.165) is 12.2 Å². The monoisotopic (exact) mass is 318 g/mol. The Kier molecular flexibility index (Phi) is 10.6. The number of rotatable bonds is 10. The third-order valence-electron chi connectivity index (χ3n) is 1.70. The van der Waals surface area contributed by atoms with Gasteiger partial charge in [0.15, 0.2) is 0 Å². The van der Waals surface area contributed by atoms with Crippen LogP contribution in [0.4, 0.5) is 26.3 Å². The third-order valence-corrected chi connectivity index (χ3v) is 1.70. The Morgan fingerprint density at radius 3 is 1.43 bits per heavy atom. The summed E-state index contributed by atoms with van der Waals surface area (Å²) in [5.41, 5.74) is 0. The lowest BCUT2D eigenvalue weighted by Crippen LogP contribution is -2.00. The zero-order valence-electron chi connectivity index (χ0n) is 10.5. The lowest BCUT2D eigenvalue weighted by molar-refractivity contribution is -0.101. The van der Waals surface area contributed by atoms with E-state index >= 15 is 0 Å². The number of alkyl halides is 4. The van der Waals surface area contributed by atoms with Crippen molar-refractivity contribution in [3.05, 3.63) is 48.9 Å². The molecule has 0 unspecified atom stereocenters. The molecule has 0 N–H and O–H groups in total. The van der Waals surface area contributed by atoms with Gasteiger partial charge in [-0.2, -0.15) is 17.6 Å². The molecular formula is C12H12F6O3. The average molecular weight is 318 g/mol. The zero-order valence-corrected chi connectivity index (χ0v) is 10.5. The van der Waals surface area contributed by atoms with Gasteiger partial charge in [0.1, 0.15) is 24.0 Å². The first-order valence-electron chi connectivity index (χ1n) is 5.43. The van der Waals surface area contributed by atoms with Crippen LogP contribution in [0.3, 0.4) is 0 Å². The van der Waals surface area contributed by atoms with Gasteiger partial charge in [0.2, 0.25) is 0 Å². The zero-order chi connectivity index (χ0) is 16.1. The summed E-state index contributed by atoms with van der Waals surface area (Å²) in [6.45, 7) is -6.33. The maximum atomic E-state index is 12.0. The van der Waals surface area contributed by atoms with E-state index < -0.39 is 24.7 Å². The summed E-state index contributed by atoms with van der Waals surface area (Å²) in [5, 5.41) is 0. The van der Waals surface area contributed by atoms with Crippen LogP contribution in [-0.4, -0.2) is 13.2 Å². The second kappa shape index (κ2) is 11.7. The van der Waals surface area contributed by atoms with Crippen LogP contribution in [-0.2, 0) is 14.2 Å². The highest BCUT2D eigenvalue weighted by atomic mass is 19.3. The molecule has 9 heteroatoms. The quantitative estimate of drug-likeness (QED) is 0.423. The standard InChI is InChI=1S/C12H12F6O3/c13-5-1-3-9(20-11(15)16)7-19-8-10(4-2-6-14)21-12(17)18/h1-2,5-8,11-12H,3-4H2. The molecule has 0 saturated carbocycles. The molecule has 0 fully saturated rings. The van der Waals surface area contributed by atoms with Gasteiger partial charge < -0.3 is 14.2 Å². The summed E-state index contributed by atoms with van der Waals surface area (Å²) in [5.74, 6) is -0.903. The van der Waals surface area contributed by atoms with Crippen LogP contribution in [0.1, 0.15) is 12.8 Å².